The first kappa shape index (κ1) is 20.6. The van der Waals surface area contributed by atoms with Gasteiger partial charge in [-0.3, -0.25) is 4.79 Å². The molecule has 8 heteroatoms. The number of carbonyl (C=O) groups is 1. The molecule has 0 unspecified atom stereocenters. The number of carbonyl (C=O) groups excluding carboxylic acids is 1. The number of hydrogen-bond donors (Lipinski definition) is 0. The Morgan fingerprint density at radius 3 is 1.90 bits per heavy atom. The average Bonchev–Trinajstić information content (AvgIpc) is 2.68. The molecule has 1 amide bonds. The maximum absolute atomic E-state index is 13.2. The Labute approximate surface area is 166 Å². The molecule has 0 atom stereocenters. The number of para-hydroxylation sites is 1. The van der Waals surface area contributed by atoms with Gasteiger partial charge in [0.15, 0.2) is 0 Å². The lowest BCUT2D eigenvalue weighted by atomic mass is 10.1. The maximum Gasteiger partial charge on any atom is 0.416 e. The summed E-state index contributed by atoms with van der Waals surface area (Å²) in [6.45, 7) is 1.79. The van der Waals surface area contributed by atoms with Crippen molar-refractivity contribution in [2.75, 3.05) is 4.31 Å². The Kier molecular flexibility index (Phi) is 5.48. The van der Waals surface area contributed by atoms with Gasteiger partial charge in [0.2, 0.25) is 0 Å². The highest BCUT2D eigenvalue weighted by molar-refractivity contribution is 7.93. The summed E-state index contributed by atoms with van der Waals surface area (Å²) in [6, 6.07) is 17.0. The van der Waals surface area contributed by atoms with E-state index in [1.165, 1.54) is 24.3 Å². The van der Waals surface area contributed by atoms with Crippen molar-refractivity contribution >= 4 is 21.6 Å². The predicted octanol–water partition coefficient (Wildman–Crippen LogP) is 5.05. The van der Waals surface area contributed by atoms with Crippen molar-refractivity contribution in [3.63, 3.8) is 0 Å². The summed E-state index contributed by atoms with van der Waals surface area (Å²) < 4.78 is 65.4. The van der Waals surface area contributed by atoms with E-state index in [0.29, 0.717) is 4.31 Å². The van der Waals surface area contributed by atoms with Gasteiger partial charge in [-0.25, -0.2) is 8.42 Å². The lowest BCUT2D eigenvalue weighted by molar-refractivity contribution is -0.137. The number of alkyl halides is 3. The third kappa shape index (κ3) is 4.32. The second-order valence-corrected chi connectivity index (χ2v) is 8.08. The Morgan fingerprint density at radius 2 is 1.38 bits per heavy atom. The minimum atomic E-state index is -4.56. The standard InChI is InChI=1S/C21H16F3NO3S/c1-15-7-13-19(14-8-15)29(27,28)25(18-5-3-2-4-6-18)20(26)16-9-11-17(12-10-16)21(22,23)24/h2-14H,1H3. The molecule has 3 aromatic carbocycles. The normalized spacial score (nSPS) is 11.9. The van der Waals surface area contributed by atoms with E-state index in [0.717, 1.165) is 29.8 Å². The SMILES string of the molecule is Cc1ccc(S(=O)(=O)N(C(=O)c2ccc(C(F)(F)F)cc2)c2ccccc2)cc1. The molecule has 29 heavy (non-hydrogen) atoms. The second kappa shape index (κ2) is 7.71. The molecule has 3 aromatic rings. The van der Waals surface area contributed by atoms with Gasteiger partial charge in [0.25, 0.3) is 15.9 Å². The van der Waals surface area contributed by atoms with Gasteiger partial charge in [-0.1, -0.05) is 35.9 Å². The number of anilines is 1. The molecular formula is C21H16F3NO3S. The molecule has 0 radical (unpaired) electrons. The molecule has 0 saturated carbocycles. The van der Waals surface area contributed by atoms with Crippen LogP contribution in [0, 0.1) is 6.92 Å². The van der Waals surface area contributed by atoms with Crippen LogP contribution in [-0.4, -0.2) is 14.3 Å². The minimum absolute atomic E-state index is 0.0815. The molecule has 4 nitrogen and oxygen atoms in total. The van der Waals surface area contributed by atoms with Crippen LogP contribution in [0.5, 0.6) is 0 Å². The molecule has 0 fully saturated rings. The van der Waals surface area contributed by atoms with Gasteiger partial charge in [0.1, 0.15) is 0 Å². The van der Waals surface area contributed by atoms with Crippen LogP contribution < -0.4 is 4.31 Å². The Balaban J connectivity index is 2.09. The van der Waals surface area contributed by atoms with E-state index < -0.39 is 27.7 Å². The van der Waals surface area contributed by atoms with E-state index in [1.807, 2.05) is 0 Å². The van der Waals surface area contributed by atoms with Gasteiger partial charge >= 0.3 is 6.18 Å². The predicted molar refractivity (Wildman–Crippen MR) is 103 cm³/mol. The number of benzene rings is 3. The highest BCUT2D eigenvalue weighted by Crippen LogP contribution is 2.30. The maximum atomic E-state index is 13.2. The highest BCUT2D eigenvalue weighted by atomic mass is 32.2. The van der Waals surface area contributed by atoms with Crippen molar-refractivity contribution in [1.29, 1.82) is 0 Å². The fourth-order valence-corrected chi connectivity index (χ4v) is 4.08. The fraction of sp³-hybridized carbons (Fsp3) is 0.0952. The van der Waals surface area contributed by atoms with Gasteiger partial charge in [0, 0.05) is 5.56 Å². The van der Waals surface area contributed by atoms with Crippen molar-refractivity contribution < 1.29 is 26.4 Å². The van der Waals surface area contributed by atoms with Gasteiger partial charge in [-0.2, -0.15) is 17.5 Å². The van der Waals surface area contributed by atoms with Crippen molar-refractivity contribution in [1.82, 2.24) is 0 Å². The molecule has 0 aliphatic carbocycles. The molecular weight excluding hydrogens is 403 g/mol. The Bertz CT molecular complexity index is 1110. The van der Waals surface area contributed by atoms with Crippen LogP contribution in [0.3, 0.4) is 0 Å². The number of nitrogens with zero attached hydrogens (tertiary/aromatic N) is 1. The van der Waals surface area contributed by atoms with Crippen LogP contribution in [-0.2, 0) is 16.2 Å². The quantitative estimate of drug-likeness (QED) is 0.595. The van der Waals surface area contributed by atoms with Crippen LogP contribution in [0.25, 0.3) is 0 Å². The third-order valence-electron chi connectivity index (χ3n) is 4.19. The van der Waals surface area contributed by atoms with Gasteiger partial charge in [-0.15, -0.1) is 0 Å². The van der Waals surface area contributed by atoms with E-state index >= 15 is 0 Å². The molecule has 0 N–H and O–H groups in total. The zero-order valence-corrected chi connectivity index (χ0v) is 16.0. The van der Waals surface area contributed by atoms with E-state index in [-0.39, 0.29) is 16.1 Å². The monoisotopic (exact) mass is 419 g/mol. The number of sulfonamides is 1. The third-order valence-corrected chi connectivity index (χ3v) is 5.92. The van der Waals surface area contributed by atoms with Crippen LogP contribution in [0.4, 0.5) is 18.9 Å². The van der Waals surface area contributed by atoms with Crippen LogP contribution in [0.2, 0.25) is 0 Å². The molecule has 0 spiro atoms. The molecule has 0 saturated heterocycles. The van der Waals surface area contributed by atoms with Gasteiger partial charge in [0.05, 0.1) is 16.1 Å². The number of amides is 1. The number of hydrogen-bond acceptors (Lipinski definition) is 3. The molecule has 3 rings (SSSR count). The molecule has 0 bridgehead atoms. The summed E-state index contributed by atoms with van der Waals surface area (Å²) in [5.41, 5.74) is -0.193. The summed E-state index contributed by atoms with van der Waals surface area (Å²) in [6.07, 6.45) is -4.56. The largest absolute Gasteiger partial charge is 0.416 e. The summed E-state index contributed by atoms with van der Waals surface area (Å²) >= 11 is 0. The van der Waals surface area contributed by atoms with Crippen LogP contribution in [0.15, 0.2) is 83.8 Å². The lowest BCUT2D eigenvalue weighted by Crippen LogP contribution is -2.37. The van der Waals surface area contributed by atoms with E-state index in [4.69, 9.17) is 0 Å². The van der Waals surface area contributed by atoms with Crippen molar-refractivity contribution in [3.8, 4) is 0 Å². The zero-order chi connectivity index (χ0) is 21.2. The van der Waals surface area contributed by atoms with Crippen molar-refractivity contribution in [2.45, 2.75) is 18.0 Å². The number of rotatable bonds is 4. The summed E-state index contributed by atoms with van der Waals surface area (Å²) in [7, 11) is -4.30. The van der Waals surface area contributed by atoms with Crippen molar-refractivity contribution in [2.24, 2.45) is 0 Å². The lowest BCUT2D eigenvalue weighted by Gasteiger charge is -2.23. The van der Waals surface area contributed by atoms with Gasteiger partial charge < -0.3 is 0 Å². The topological polar surface area (TPSA) is 54.5 Å². The molecule has 0 aliphatic heterocycles. The molecule has 0 aliphatic rings. The van der Waals surface area contributed by atoms with E-state index in [9.17, 15) is 26.4 Å². The average molecular weight is 419 g/mol. The Hall–Kier alpha value is -3.13. The second-order valence-electron chi connectivity index (χ2n) is 6.30. The molecule has 0 aromatic heterocycles. The molecule has 0 heterocycles. The van der Waals surface area contributed by atoms with Gasteiger partial charge in [-0.05, 0) is 55.5 Å². The smallest absolute Gasteiger partial charge is 0.268 e. The number of aryl methyl sites for hydroxylation is 1. The highest BCUT2D eigenvalue weighted by Gasteiger charge is 2.33. The van der Waals surface area contributed by atoms with Crippen LogP contribution in [0.1, 0.15) is 21.5 Å². The first-order valence-electron chi connectivity index (χ1n) is 8.49. The Morgan fingerprint density at radius 1 is 0.828 bits per heavy atom. The summed E-state index contributed by atoms with van der Waals surface area (Å²) in [5, 5.41) is 0. The number of halogens is 3. The molecule has 150 valence electrons. The van der Waals surface area contributed by atoms with E-state index in [2.05, 4.69) is 0 Å². The summed E-state index contributed by atoms with van der Waals surface area (Å²) in [4.78, 5) is 13.0. The fourth-order valence-electron chi connectivity index (χ4n) is 2.66. The first-order chi connectivity index (χ1) is 13.6. The summed E-state index contributed by atoms with van der Waals surface area (Å²) in [5.74, 6) is -0.953. The first-order valence-corrected chi connectivity index (χ1v) is 9.93. The minimum Gasteiger partial charge on any atom is -0.268 e. The van der Waals surface area contributed by atoms with Crippen LogP contribution >= 0.6 is 0 Å². The van der Waals surface area contributed by atoms with E-state index in [1.54, 1.807) is 37.3 Å². The zero-order valence-electron chi connectivity index (χ0n) is 15.2. The van der Waals surface area contributed by atoms with Crippen molar-refractivity contribution in [3.05, 3.63) is 95.6 Å².